The maximum absolute atomic E-state index is 13.2. The Hall–Kier alpha value is -2.83. The first-order valence-corrected chi connectivity index (χ1v) is 27.8. The van der Waals surface area contributed by atoms with Crippen LogP contribution in [0.5, 0.6) is 0 Å². The molecule has 0 aromatic carbocycles. The van der Waals surface area contributed by atoms with Gasteiger partial charge in [0, 0.05) is 6.42 Å². The molecule has 72 heavy (non-hydrogen) atoms. The number of carbonyl (C=O) groups is 1. The van der Waals surface area contributed by atoms with E-state index in [1.54, 1.807) is 6.08 Å². The van der Waals surface area contributed by atoms with Crippen molar-refractivity contribution in [2.24, 2.45) is 0 Å². The van der Waals surface area contributed by atoms with Gasteiger partial charge in [0.25, 0.3) is 0 Å². The minimum atomic E-state index is -1.79. The van der Waals surface area contributed by atoms with Crippen LogP contribution in [0.1, 0.15) is 181 Å². The molecule has 12 unspecified atom stereocenters. The molecule has 2 rings (SSSR count). The van der Waals surface area contributed by atoms with E-state index in [0.29, 0.717) is 6.42 Å². The zero-order valence-electron chi connectivity index (χ0n) is 44.1. The van der Waals surface area contributed by atoms with Gasteiger partial charge in [-0.1, -0.05) is 189 Å². The Morgan fingerprint density at radius 1 is 0.514 bits per heavy atom. The highest BCUT2D eigenvalue weighted by molar-refractivity contribution is 5.76. The summed E-state index contributed by atoms with van der Waals surface area (Å²) in [5.74, 6) is -0.259. The third-order valence-electron chi connectivity index (χ3n) is 13.1. The molecule has 1 amide bonds. The van der Waals surface area contributed by atoms with E-state index in [1.807, 2.05) is 6.08 Å². The van der Waals surface area contributed by atoms with Crippen molar-refractivity contribution in [1.82, 2.24) is 5.32 Å². The van der Waals surface area contributed by atoms with E-state index in [-0.39, 0.29) is 18.9 Å². The molecule has 12 atom stereocenters. The zero-order valence-corrected chi connectivity index (χ0v) is 44.1. The summed E-state index contributed by atoms with van der Waals surface area (Å²) in [5.41, 5.74) is 0. The van der Waals surface area contributed by atoms with Crippen molar-refractivity contribution < 1.29 is 64.6 Å². The van der Waals surface area contributed by atoms with Crippen molar-refractivity contribution in [2.75, 3.05) is 19.8 Å². The molecule has 0 radical (unpaired) electrons. The van der Waals surface area contributed by atoms with Gasteiger partial charge in [-0.2, -0.15) is 0 Å². The second-order valence-corrected chi connectivity index (χ2v) is 19.3. The number of ether oxygens (including phenoxy) is 4. The standard InChI is InChI=1S/C58H99NO13/c1-3-5-7-9-11-13-15-17-18-19-20-21-22-23-24-25-26-27-28-30-32-34-36-38-40-42-50(63)59-46(47(62)41-39-37-35-33-31-29-16-14-12-10-8-6-4-2)45-69-57-55(68)53(66)56(49(44-61)71-57)72-58-54(67)52(65)51(64)48(43-60)70-58/h5,7,11,13,17-18,20-21,23-24,26-27,39,41,46-49,51-58,60-62,64-68H,3-4,6,8-10,12,14-16,19,22,25,28-38,40,42-45H2,1-2H3,(H,59,63)/b7-5-,13-11-,18-17-,21-20-,24-23-,27-26-,41-39+. The van der Waals surface area contributed by atoms with Crippen molar-refractivity contribution in [3.63, 3.8) is 0 Å². The van der Waals surface area contributed by atoms with Crippen LogP contribution in [0, 0.1) is 0 Å². The predicted octanol–water partition coefficient (Wildman–Crippen LogP) is 8.55. The topological polar surface area (TPSA) is 228 Å². The van der Waals surface area contributed by atoms with E-state index in [0.717, 1.165) is 96.3 Å². The monoisotopic (exact) mass is 1020 g/mol. The molecule has 0 saturated carbocycles. The average Bonchev–Trinajstić information content (AvgIpc) is 3.38. The second-order valence-electron chi connectivity index (χ2n) is 19.3. The highest BCUT2D eigenvalue weighted by Crippen LogP contribution is 2.30. The lowest BCUT2D eigenvalue weighted by molar-refractivity contribution is -0.359. The summed E-state index contributed by atoms with van der Waals surface area (Å²) >= 11 is 0. The number of aliphatic hydroxyl groups is 8. The van der Waals surface area contributed by atoms with E-state index < -0.39 is 86.8 Å². The molecule has 14 heteroatoms. The average molecular weight is 1020 g/mol. The fraction of sp³-hybridized carbons (Fsp3) is 0.741. The molecule has 0 aliphatic carbocycles. The highest BCUT2D eigenvalue weighted by atomic mass is 16.7. The predicted molar refractivity (Wildman–Crippen MR) is 286 cm³/mol. The van der Waals surface area contributed by atoms with Gasteiger partial charge >= 0.3 is 0 Å². The number of allylic oxidation sites excluding steroid dienone is 13. The number of hydrogen-bond donors (Lipinski definition) is 9. The molecular weight excluding hydrogens is 919 g/mol. The third-order valence-corrected chi connectivity index (χ3v) is 13.1. The van der Waals surface area contributed by atoms with Crippen molar-refractivity contribution in [2.45, 2.75) is 254 Å². The highest BCUT2D eigenvalue weighted by Gasteiger charge is 2.51. The van der Waals surface area contributed by atoms with E-state index in [2.05, 4.69) is 92.1 Å². The quantitative estimate of drug-likeness (QED) is 0.0207. The van der Waals surface area contributed by atoms with E-state index >= 15 is 0 Å². The van der Waals surface area contributed by atoms with Crippen LogP contribution in [0.15, 0.2) is 85.1 Å². The number of nitrogens with one attached hydrogen (secondary N) is 1. The Balaban J connectivity index is 1.78. The Morgan fingerprint density at radius 3 is 1.47 bits per heavy atom. The molecule has 414 valence electrons. The first kappa shape index (κ1) is 65.3. The summed E-state index contributed by atoms with van der Waals surface area (Å²) in [6.45, 7) is 2.64. The molecule has 9 N–H and O–H groups in total. The van der Waals surface area contributed by atoms with Gasteiger partial charge in [-0.3, -0.25) is 4.79 Å². The molecular formula is C58H99NO13. The van der Waals surface area contributed by atoms with Gasteiger partial charge in [-0.15, -0.1) is 0 Å². The summed E-state index contributed by atoms with van der Waals surface area (Å²) in [6, 6.07) is -0.927. The summed E-state index contributed by atoms with van der Waals surface area (Å²) in [4.78, 5) is 13.2. The zero-order chi connectivity index (χ0) is 52.4. The van der Waals surface area contributed by atoms with Gasteiger partial charge < -0.3 is 65.1 Å². The number of aliphatic hydroxyl groups excluding tert-OH is 8. The maximum atomic E-state index is 13.2. The summed E-state index contributed by atoms with van der Waals surface area (Å²) in [6.07, 6.45) is 40.4. The van der Waals surface area contributed by atoms with Crippen LogP contribution in [0.4, 0.5) is 0 Å². The van der Waals surface area contributed by atoms with E-state index in [9.17, 15) is 45.6 Å². The van der Waals surface area contributed by atoms with Crippen LogP contribution in [0.3, 0.4) is 0 Å². The Kier molecular flexibility index (Phi) is 39.4. The van der Waals surface area contributed by atoms with Gasteiger partial charge in [-0.25, -0.2) is 0 Å². The van der Waals surface area contributed by atoms with Gasteiger partial charge in [0.15, 0.2) is 12.6 Å². The number of amides is 1. The normalized spacial score (nSPS) is 26.2. The third kappa shape index (κ3) is 29.3. The number of unbranched alkanes of at least 4 members (excludes halogenated alkanes) is 17. The summed E-state index contributed by atoms with van der Waals surface area (Å²) in [7, 11) is 0. The van der Waals surface area contributed by atoms with Crippen molar-refractivity contribution in [1.29, 1.82) is 0 Å². The fourth-order valence-electron chi connectivity index (χ4n) is 8.59. The summed E-state index contributed by atoms with van der Waals surface area (Å²) in [5, 5.41) is 86.9. The molecule has 2 heterocycles. The SMILES string of the molecule is CC/C=C\C/C=C\C/C=C\C/C=C\C/C=C\C/C=C\CCCCCCCCC(=O)NC(COC1OC(CO)C(OC2OC(CO)C(O)C(O)C2O)C(O)C1O)C(O)/C=C/CCCCCCCCCCCCC. The van der Waals surface area contributed by atoms with E-state index in [4.69, 9.17) is 18.9 Å². The van der Waals surface area contributed by atoms with Crippen LogP contribution in [0.2, 0.25) is 0 Å². The minimum absolute atomic E-state index is 0.259. The first-order chi connectivity index (χ1) is 35.1. The summed E-state index contributed by atoms with van der Waals surface area (Å²) < 4.78 is 22.7. The lowest BCUT2D eigenvalue weighted by Crippen LogP contribution is -2.65. The van der Waals surface area contributed by atoms with Crippen LogP contribution in [-0.4, -0.2) is 140 Å². The van der Waals surface area contributed by atoms with Crippen LogP contribution < -0.4 is 5.32 Å². The smallest absolute Gasteiger partial charge is 0.220 e. The van der Waals surface area contributed by atoms with Crippen LogP contribution in [-0.2, 0) is 23.7 Å². The second kappa shape index (κ2) is 43.4. The van der Waals surface area contributed by atoms with Gasteiger partial charge in [-0.05, 0) is 70.6 Å². The Labute approximate surface area is 433 Å². The minimum Gasteiger partial charge on any atom is -0.394 e. The van der Waals surface area contributed by atoms with Gasteiger partial charge in [0.2, 0.25) is 5.91 Å². The van der Waals surface area contributed by atoms with Gasteiger partial charge in [0.05, 0.1) is 32.0 Å². The molecule has 2 aliphatic heterocycles. The molecule has 2 fully saturated rings. The molecule has 0 bridgehead atoms. The van der Waals surface area contributed by atoms with Crippen molar-refractivity contribution in [3.8, 4) is 0 Å². The molecule has 14 nitrogen and oxygen atoms in total. The molecule has 0 spiro atoms. The van der Waals surface area contributed by atoms with Gasteiger partial charge in [0.1, 0.15) is 48.8 Å². The molecule has 2 aliphatic rings. The fourth-order valence-corrected chi connectivity index (χ4v) is 8.59. The van der Waals surface area contributed by atoms with E-state index in [1.165, 1.54) is 57.8 Å². The Morgan fingerprint density at radius 2 is 0.958 bits per heavy atom. The van der Waals surface area contributed by atoms with Crippen molar-refractivity contribution in [3.05, 3.63) is 85.1 Å². The lowest BCUT2D eigenvalue weighted by Gasteiger charge is -2.46. The number of rotatable bonds is 42. The molecule has 2 saturated heterocycles. The molecule has 0 aromatic heterocycles. The largest absolute Gasteiger partial charge is 0.394 e. The Bertz CT molecular complexity index is 1530. The number of carbonyl (C=O) groups excluding carboxylic acids is 1. The number of hydrogen-bond acceptors (Lipinski definition) is 13. The lowest BCUT2D eigenvalue weighted by atomic mass is 9.97. The maximum Gasteiger partial charge on any atom is 0.220 e. The van der Waals surface area contributed by atoms with Crippen LogP contribution in [0.25, 0.3) is 0 Å². The molecule has 0 aromatic rings. The van der Waals surface area contributed by atoms with Crippen LogP contribution >= 0.6 is 0 Å². The first-order valence-electron chi connectivity index (χ1n) is 27.8. The van der Waals surface area contributed by atoms with Crippen molar-refractivity contribution >= 4 is 5.91 Å².